The van der Waals surface area contributed by atoms with Crippen molar-refractivity contribution < 1.29 is 9.53 Å². The second-order valence-electron chi connectivity index (χ2n) is 4.83. The van der Waals surface area contributed by atoms with Crippen LogP contribution in [-0.4, -0.2) is 44.2 Å². The van der Waals surface area contributed by atoms with E-state index in [9.17, 15) is 4.79 Å². The predicted molar refractivity (Wildman–Crippen MR) is 89.4 cm³/mol. The molecule has 0 spiro atoms. The van der Waals surface area contributed by atoms with Crippen molar-refractivity contribution in [2.75, 3.05) is 33.4 Å². The summed E-state index contributed by atoms with van der Waals surface area (Å²) in [6.07, 6.45) is 0. The van der Waals surface area contributed by atoms with Gasteiger partial charge in [-0.3, -0.25) is 4.79 Å². The summed E-state index contributed by atoms with van der Waals surface area (Å²) in [4.78, 5) is 16.6. The Labute approximate surface area is 134 Å². The number of amides is 1. The number of aromatic nitrogens is 1. The van der Waals surface area contributed by atoms with Gasteiger partial charge in [-0.1, -0.05) is 12.1 Å². The molecule has 0 atom stereocenters. The van der Waals surface area contributed by atoms with Crippen LogP contribution in [0.4, 0.5) is 0 Å². The average molecular weight is 319 g/mol. The van der Waals surface area contributed by atoms with Gasteiger partial charge in [0.1, 0.15) is 0 Å². The molecule has 0 saturated carbocycles. The van der Waals surface area contributed by atoms with E-state index in [1.807, 2.05) is 36.6 Å². The van der Waals surface area contributed by atoms with Crippen molar-refractivity contribution in [2.24, 2.45) is 0 Å². The highest BCUT2D eigenvalue weighted by Gasteiger charge is 2.08. The summed E-state index contributed by atoms with van der Waals surface area (Å²) in [5.74, 6) is -0.0673. The van der Waals surface area contributed by atoms with Gasteiger partial charge in [0.2, 0.25) is 0 Å². The first-order chi connectivity index (χ1) is 10.7. The summed E-state index contributed by atoms with van der Waals surface area (Å²) in [6, 6.07) is 7.55. The summed E-state index contributed by atoms with van der Waals surface area (Å²) in [7, 11) is 1.67. The Hall–Kier alpha value is -1.76. The second kappa shape index (κ2) is 8.63. The third kappa shape index (κ3) is 4.91. The molecule has 2 rings (SSSR count). The molecule has 2 aromatic rings. The van der Waals surface area contributed by atoms with Crippen LogP contribution in [0, 0.1) is 6.92 Å². The lowest BCUT2D eigenvalue weighted by molar-refractivity contribution is 0.0953. The van der Waals surface area contributed by atoms with Crippen molar-refractivity contribution in [2.45, 2.75) is 6.92 Å². The number of nitrogens with zero attached hydrogens (tertiary/aromatic N) is 1. The van der Waals surface area contributed by atoms with E-state index in [4.69, 9.17) is 4.74 Å². The molecule has 0 aliphatic carbocycles. The van der Waals surface area contributed by atoms with E-state index in [-0.39, 0.29) is 5.91 Å². The first-order valence-electron chi connectivity index (χ1n) is 7.21. The van der Waals surface area contributed by atoms with Gasteiger partial charge in [-0.15, -0.1) is 11.3 Å². The largest absolute Gasteiger partial charge is 0.383 e. The Morgan fingerprint density at radius 3 is 2.91 bits per heavy atom. The molecule has 6 heteroatoms. The number of carbonyl (C=O) groups excluding carboxylic acids is 1. The molecule has 1 amide bonds. The van der Waals surface area contributed by atoms with Gasteiger partial charge in [-0.05, 0) is 19.1 Å². The molecule has 0 fully saturated rings. The van der Waals surface area contributed by atoms with E-state index in [1.54, 1.807) is 18.4 Å². The molecule has 0 saturated heterocycles. The van der Waals surface area contributed by atoms with Gasteiger partial charge in [0, 0.05) is 43.3 Å². The number of ether oxygens (including phenoxy) is 1. The fourth-order valence-corrected chi connectivity index (χ4v) is 2.60. The van der Waals surface area contributed by atoms with Crippen LogP contribution in [0.5, 0.6) is 0 Å². The van der Waals surface area contributed by atoms with E-state index in [0.29, 0.717) is 18.7 Å². The Morgan fingerprint density at radius 1 is 1.32 bits per heavy atom. The lowest BCUT2D eigenvalue weighted by atomic mass is 10.1. The van der Waals surface area contributed by atoms with Crippen LogP contribution in [0.15, 0.2) is 29.6 Å². The predicted octanol–water partition coefficient (Wildman–Crippen LogP) is 2.08. The number of thiazole rings is 1. The zero-order valence-electron chi connectivity index (χ0n) is 12.9. The minimum absolute atomic E-state index is 0.0673. The highest BCUT2D eigenvalue weighted by atomic mass is 32.1. The molecular formula is C16H21N3O2S. The highest BCUT2D eigenvalue weighted by Crippen LogP contribution is 2.22. The monoisotopic (exact) mass is 319 g/mol. The first kappa shape index (κ1) is 16.6. The molecule has 0 radical (unpaired) electrons. The Bertz CT molecular complexity index is 613. The topological polar surface area (TPSA) is 63.2 Å². The molecule has 0 aliphatic rings. The molecule has 1 heterocycles. The number of rotatable bonds is 8. The number of hydrogen-bond acceptors (Lipinski definition) is 5. The minimum atomic E-state index is -0.0673. The van der Waals surface area contributed by atoms with Crippen molar-refractivity contribution in [3.05, 3.63) is 40.2 Å². The molecule has 0 aliphatic heterocycles. The van der Waals surface area contributed by atoms with Crippen LogP contribution < -0.4 is 10.6 Å². The Kier molecular flexibility index (Phi) is 6.51. The summed E-state index contributed by atoms with van der Waals surface area (Å²) in [5, 5.41) is 9.11. The normalized spacial score (nSPS) is 10.6. The zero-order valence-corrected chi connectivity index (χ0v) is 13.7. The van der Waals surface area contributed by atoms with Crippen molar-refractivity contribution in [3.63, 3.8) is 0 Å². The van der Waals surface area contributed by atoms with Crippen molar-refractivity contribution in [1.82, 2.24) is 15.6 Å². The molecule has 0 unspecified atom stereocenters. The number of nitrogens with one attached hydrogen (secondary N) is 2. The summed E-state index contributed by atoms with van der Waals surface area (Å²) in [5.41, 5.74) is 2.54. The summed E-state index contributed by atoms with van der Waals surface area (Å²) < 4.78 is 4.94. The maximum Gasteiger partial charge on any atom is 0.251 e. The maximum atomic E-state index is 12.1. The van der Waals surface area contributed by atoms with E-state index in [2.05, 4.69) is 15.6 Å². The van der Waals surface area contributed by atoms with E-state index < -0.39 is 0 Å². The van der Waals surface area contributed by atoms with Gasteiger partial charge < -0.3 is 15.4 Å². The zero-order chi connectivity index (χ0) is 15.8. The van der Waals surface area contributed by atoms with Crippen LogP contribution in [0.25, 0.3) is 11.3 Å². The molecule has 1 aromatic carbocycles. The van der Waals surface area contributed by atoms with Gasteiger partial charge in [-0.25, -0.2) is 4.98 Å². The number of aryl methyl sites for hydroxylation is 1. The fourth-order valence-electron chi connectivity index (χ4n) is 1.98. The van der Waals surface area contributed by atoms with E-state index in [1.165, 1.54) is 0 Å². The first-order valence-corrected chi connectivity index (χ1v) is 8.09. The number of hydrogen-bond donors (Lipinski definition) is 2. The van der Waals surface area contributed by atoms with Crippen LogP contribution in [0.1, 0.15) is 15.4 Å². The molecule has 5 nitrogen and oxygen atoms in total. The lowest BCUT2D eigenvalue weighted by Crippen LogP contribution is -2.33. The highest BCUT2D eigenvalue weighted by molar-refractivity contribution is 7.09. The standard InChI is InChI=1S/C16H21N3O2S/c1-12-19-15(11-22-12)13-4-3-5-14(10-13)16(20)18-7-6-17-8-9-21-2/h3-5,10-11,17H,6-9H2,1-2H3,(H,18,20). The number of carbonyl (C=O) groups is 1. The molecular weight excluding hydrogens is 298 g/mol. The Balaban J connectivity index is 1.88. The molecule has 1 aromatic heterocycles. The van der Waals surface area contributed by atoms with Gasteiger partial charge >= 0.3 is 0 Å². The number of methoxy groups -OCH3 is 1. The van der Waals surface area contributed by atoms with Crippen molar-refractivity contribution in [3.8, 4) is 11.3 Å². The van der Waals surface area contributed by atoms with Crippen molar-refractivity contribution in [1.29, 1.82) is 0 Å². The molecule has 22 heavy (non-hydrogen) atoms. The molecule has 0 bridgehead atoms. The molecule has 2 N–H and O–H groups in total. The van der Waals surface area contributed by atoms with Crippen LogP contribution >= 0.6 is 11.3 Å². The average Bonchev–Trinajstić information content (AvgIpc) is 2.97. The summed E-state index contributed by atoms with van der Waals surface area (Å²) >= 11 is 1.61. The summed E-state index contributed by atoms with van der Waals surface area (Å²) in [6.45, 7) is 4.73. The van der Waals surface area contributed by atoms with Crippen molar-refractivity contribution >= 4 is 17.2 Å². The van der Waals surface area contributed by atoms with Crippen LogP contribution in [-0.2, 0) is 4.74 Å². The second-order valence-corrected chi connectivity index (χ2v) is 5.89. The smallest absolute Gasteiger partial charge is 0.251 e. The van der Waals surface area contributed by atoms with E-state index in [0.717, 1.165) is 29.4 Å². The molecule has 118 valence electrons. The number of benzene rings is 1. The minimum Gasteiger partial charge on any atom is -0.383 e. The third-order valence-corrected chi connectivity index (χ3v) is 3.88. The lowest BCUT2D eigenvalue weighted by Gasteiger charge is -2.07. The third-order valence-electron chi connectivity index (χ3n) is 3.11. The van der Waals surface area contributed by atoms with Crippen LogP contribution in [0.2, 0.25) is 0 Å². The quantitative estimate of drug-likeness (QED) is 0.731. The van der Waals surface area contributed by atoms with Gasteiger partial charge in [0.25, 0.3) is 5.91 Å². The van der Waals surface area contributed by atoms with Gasteiger partial charge in [-0.2, -0.15) is 0 Å². The van der Waals surface area contributed by atoms with Crippen LogP contribution in [0.3, 0.4) is 0 Å². The Morgan fingerprint density at radius 2 is 2.18 bits per heavy atom. The van der Waals surface area contributed by atoms with E-state index >= 15 is 0 Å². The SMILES string of the molecule is COCCNCCNC(=O)c1cccc(-c2csc(C)n2)c1. The van der Waals surface area contributed by atoms with Gasteiger partial charge in [0.15, 0.2) is 0 Å². The fraction of sp³-hybridized carbons (Fsp3) is 0.375. The maximum absolute atomic E-state index is 12.1. The van der Waals surface area contributed by atoms with Gasteiger partial charge in [0.05, 0.1) is 17.3 Å².